The normalized spacial score (nSPS) is 23.5. The Balaban J connectivity index is 1.52. The van der Waals surface area contributed by atoms with Crippen molar-refractivity contribution < 1.29 is 32.4 Å². The molecular formula is C29H33Cl2N5O7S2. The van der Waals surface area contributed by atoms with Gasteiger partial charge in [0.25, 0.3) is 0 Å². The van der Waals surface area contributed by atoms with E-state index in [9.17, 15) is 28.2 Å². The summed E-state index contributed by atoms with van der Waals surface area (Å²) in [6.45, 7) is 5.73. The van der Waals surface area contributed by atoms with E-state index in [1.165, 1.54) is 17.4 Å². The molecule has 12 nitrogen and oxygen atoms in total. The van der Waals surface area contributed by atoms with Crippen molar-refractivity contribution in [2.45, 2.75) is 57.7 Å². The summed E-state index contributed by atoms with van der Waals surface area (Å²) in [6, 6.07) is 6.74. The fourth-order valence-electron chi connectivity index (χ4n) is 6.64. The number of thiophene rings is 1. The molecule has 2 aromatic heterocycles. The highest BCUT2D eigenvalue weighted by molar-refractivity contribution is 7.84. The fraction of sp³-hybridized carbons (Fsp3) is 0.448. The minimum absolute atomic E-state index is 0.146. The van der Waals surface area contributed by atoms with E-state index in [2.05, 4.69) is 19.5 Å². The second kappa shape index (κ2) is 12.4. The van der Waals surface area contributed by atoms with Gasteiger partial charge in [0.1, 0.15) is 17.7 Å². The third-order valence-electron chi connectivity index (χ3n) is 8.49. The van der Waals surface area contributed by atoms with Crippen molar-refractivity contribution in [3.63, 3.8) is 0 Å². The van der Waals surface area contributed by atoms with Gasteiger partial charge in [-0.1, -0.05) is 50.0 Å². The highest BCUT2D eigenvalue weighted by Crippen LogP contribution is 2.56. The molecule has 0 unspecified atom stereocenters. The van der Waals surface area contributed by atoms with Crippen molar-refractivity contribution in [2.75, 3.05) is 18.5 Å². The molecule has 1 saturated carbocycles. The van der Waals surface area contributed by atoms with Gasteiger partial charge in [-0.15, -0.1) is 11.3 Å². The molecule has 1 aliphatic heterocycles. The maximum atomic E-state index is 14.0. The van der Waals surface area contributed by atoms with Crippen LogP contribution in [0.4, 0.5) is 10.6 Å². The zero-order valence-corrected chi connectivity index (χ0v) is 27.8. The first kappa shape index (κ1) is 33.5. The number of aliphatic hydroxyl groups excluding tert-OH is 1. The third kappa shape index (κ3) is 6.42. The summed E-state index contributed by atoms with van der Waals surface area (Å²) >= 11 is 14.4. The second-order valence-corrected chi connectivity index (χ2v) is 15.6. The lowest BCUT2D eigenvalue weighted by Gasteiger charge is -2.54. The van der Waals surface area contributed by atoms with E-state index in [4.69, 9.17) is 28.3 Å². The molecule has 16 heteroatoms. The number of halogens is 2. The summed E-state index contributed by atoms with van der Waals surface area (Å²) < 4.78 is 27.3. The molecule has 1 aliphatic carbocycles. The van der Waals surface area contributed by atoms with E-state index in [0.717, 1.165) is 16.9 Å². The molecule has 3 aromatic rings. The van der Waals surface area contributed by atoms with Crippen LogP contribution >= 0.6 is 34.5 Å². The topological polar surface area (TPSA) is 185 Å². The van der Waals surface area contributed by atoms with Gasteiger partial charge in [-0.25, -0.2) is 19.9 Å². The molecule has 5 N–H and O–H groups in total. The van der Waals surface area contributed by atoms with Crippen LogP contribution in [0.2, 0.25) is 9.36 Å². The van der Waals surface area contributed by atoms with E-state index in [1.807, 2.05) is 26.8 Å². The maximum Gasteiger partial charge on any atom is 0.408 e. The number of aliphatic hydroxyl groups is 1. The molecule has 0 saturated heterocycles. The van der Waals surface area contributed by atoms with E-state index in [1.54, 1.807) is 18.2 Å². The van der Waals surface area contributed by atoms with Crippen molar-refractivity contribution in [1.82, 2.24) is 14.9 Å². The molecule has 4 atom stereocenters. The third-order valence-corrected chi connectivity index (χ3v) is 10.5. The Morgan fingerprint density at radius 1 is 1.22 bits per heavy atom. The van der Waals surface area contributed by atoms with Gasteiger partial charge in [-0.05, 0) is 54.0 Å². The molecule has 1 amide bonds. The monoisotopic (exact) mass is 697 g/mol. The fourth-order valence-corrected chi connectivity index (χ4v) is 8.50. The summed E-state index contributed by atoms with van der Waals surface area (Å²) in [5.41, 5.74) is 0.265. The highest BCUT2D eigenvalue weighted by Gasteiger charge is 2.56. The average molecular weight is 699 g/mol. The SMILES string of the molecule is CC(C)(C)[C@@]1(c2cc(C(=O)c3cncnc3N[C@@H]3C[C@H](COS(N)(=O)=O)[C@@H](O)C3)sc2Cl)c2cc(Cl)ccc2CCN1C(=O)O. The van der Waals surface area contributed by atoms with Crippen LogP contribution in [0.5, 0.6) is 0 Å². The minimum Gasteiger partial charge on any atom is -0.465 e. The van der Waals surface area contributed by atoms with Gasteiger partial charge in [0.2, 0.25) is 5.78 Å². The number of fused-ring (bicyclic) bond motifs is 1. The average Bonchev–Trinajstić information content (AvgIpc) is 3.51. The number of rotatable bonds is 8. The van der Waals surface area contributed by atoms with Crippen LogP contribution in [0.15, 0.2) is 36.8 Å². The summed E-state index contributed by atoms with van der Waals surface area (Å²) in [5, 5.41) is 29.5. The van der Waals surface area contributed by atoms with Gasteiger partial charge >= 0.3 is 16.4 Å². The molecule has 5 rings (SSSR count). The Labute approximate surface area is 274 Å². The van der Waals surface area contributed by atoms with Crippen molar-refractivity contribution in [2.24, 2.45) is 16.5 Å². The molecule has 2 aliphatic rings. The lowest BCUT2D eigenvalue weighted by atomic mass is 9.62. The van der Waals surface area contributed by atoms with E-state index < -0.39 is 45.2 Å². The molecule has 1 aromatic carbocycles. The molecular weight excluding hydrogens is 665 g/mol. The first-order chi connectivity index (χ1) is 21.0. The molecule has 3 heterocycles. The van der Waals surface area contributed by atoms with Crippen LogP contribution in [0.1, 0.15) is 65.5 Å². The summed E-state index contributed by atoms with van der Waals surface area (Å²) in [7, 11) is -4.16. The predicted octanol–water partition coefficient (Wildman–Crippen LogP) is 4.67. The van der Waals surface area contributed by atoms with Gasteiger partial charge in [0.05, 0.1) is 27.5 Å². The minimum atomic E-state index is -4.16. The Hall–Kier alpha value is -2.85. The number of hydrogen-bond donors (Lipinski definition) is 4. The molecule has 0 bridgehead atoms. The van der Waals surface area contributed by atoms with Crippen LogP contribution in [-0.2, 0) is 26.4 Å². The van der Waals surface area contributed by atoms with Crippen LogP contribution in [-0.4, -0.2) is 70.7 Å². The standard InChI is InChI=1S/C29H33Cl2N5O7S2/c1-28(2,3)29(20-9-17(30)5-4-15(20)6-7-36(29)27(39)40)21-11-23(44-25(21)31)24(38)19-12-33-14-34-26(19)35-18-8-16(22(37)10-18)13-43-45(32,41)42/h4-5,9,11-12,14,16,18,22,37H,6-8,10,13H2,1-3H3,(H,39,40)(H2,32,41,42)(H,33,34,35)/t16-,18-,22+,29+/m1/s1. The van der Waals surface area contributed by atoms with E-state index in [0.29, 0.717) is 29.0 Å². The summed E-state index contributed by atoms with van der Waals surface area (Å²) in [6.07, 6.45) is 1.75. The number of ketones is 1. The number of carbonyl (C=O) groups is 2. The molecule has 45 heavy (non-hydrogen) atoms. The quantitative estimate of drug-likeness (QED) is 0.241. The van der Waals surface area contributed by atoms with Gasteiger partial charge in [-0.3, -0.25) is 13.9 Å². The molecule has 0 spiro atoms. The summed E-state index contributed by atoms with van der Waals surface area (Å²) in [5.74, 6) is -0.714. The number of nitrogens with two attached hydrogens (primary N) is 1. The first-order valence-electron chi connectivity index (χ1n) is 14.1. The number of carbonyl (C=O) groups excluding carboxylic acids is 1. The van der Waals surface area contributed by atoms with E-state index >= 15 is 0 Å². The van der Waals surface area contributed by atoms with Gasteiger partial charge in [-0.2, -0.15) is 8.42 Å². The largest absolute Gasteiger partial charge is 0.465 e. The van der Waals surface area contributed by atoms with Crippen LogP contribution in [0.3, 0.4) is 0 Å². The number of anilines is 1. The highest BCUT2D eigenvalue weighted by atomic mass is 35.5. The smallest absolute Gasteiger partial charge is 0.408 e. The van der Waals surface area contributed by atoms with Crippen molar-refractivity contribution >= 4 is 62.5 Å². The Kier molecular flexibility index (Phi) is 9.23. The summed E-state index contributed by atoms with van der Waals surface area (Å²) in [4.78, 5) is 36.8. The molecule has 1 fully saturated rings. The Morgan fingerprint density at radius 2 is 1.96 bits per heavy atom. The van der Waals surface area contributed by atoms with Gasteiger partial charge in [0, 0.05) is 35.3 Å². The number of carboxylic acid groups (broad SMARTS) is 1. The van der Waals surface area contributed by atoms with E-state index in [-0.39, 0.29) is 46.2 Å². The number of aromatic nitrogens is 2. The number of nitrogens with zero attached hydrogens (tertiary/aromatic N) is 3. The predicted molar refractivity (Wildman–Crippen MR) is 170 cm³/mol. The first-order valence-corrected chi connectivity index (χ1v) is 17.1. The van der Waals surface area contributed by atoms with Crippen molar-refractivity contribution in [3.05, 3.63) is 73.3 Å². The Morgan fingerprint density at radius 3 is 2.62 bits per heavy atom. The zero-order valence-electron chi connectivity index (χ0n) is 24.7. The maximum absolute atomic E-state index is 14.0. The van der Waals surface area contributed by atoms with Crippen LogP contribution in [0, 0.1) is 11.3 Å². The van der Waals surface area contributed by atoms with Crippen LogP contribution < -0.4 is 10.5 Å². The Bertz CT molecular complexity index is 1750. The van der Waals surface area contributed by atoms with Gasteiger partial charge in [0.15, 0.2) is 0 Å². The second-order valence-electron chi connectivity index (χ2n) is 12.3. The molecule has 242 valence electrons. The number of nitrogens with one attached hydrogen (secondary N) is 1. The molecule has 0 radical (unpaired) electrons. The zero-order chi connectivity index (χ0) is 32.9. The van der Waals surface area contributed by atoms with Crippen molar-refractivity contribution in [1.29, 1.82) is 0 Å². The number of amides is 1. The lowest BCUT2D eigenvalue weighted by molar-refractivity contribution is 0.0199. The van der Waals surface area contributed by atoms with Gasteiger partial charge < -0.3 is 15.5 Å². The van der Waals surface area contributed by atoms with Crippen LogP contribution in [0.25, 0.3) is 0 Å². The van der Waals surface area contributed by atoms with Crippen molar-refractivity contribution in [3.8, 4) is 0 Å². The number of benzene rings is 1. The lowest BCUT2D eigenvalue weighted by Crippen LogP contribution is -2.60. The number of hydrogen-bond acceptors (Lipinski definition) is 10.